The molecule has 0 aliphatic rings. The van der Waals surface area contributed by atoms with Gasteiger partial charge in [-0.25, -0.2) is 0 Å². The van der Waals surface area contributed by atoms with Gasteiger partial charge in [-0.3, -0.25) is 0 Å². The smallest absolute Gasteiger partial charge is 0.322 e. The summed E-state index contributed by atoms with van der Waals surface area (Å²) in [5.41, 5.74) is 1.66. The van der Waals surface area contributed by atoms with Crippen LogP contribution in [-0.4, -0.2) is 38.8 Å². The Morgan fingerprint density at radius 2 is 2.28 bits per heavy atom. The van der Waals surface area contributed by atoms with Crippen molar-refractivity contribution in [3.8, 4) is 6.01 Å². The minimum Gasteiger partial charge on any atom is -0.463 e. The van der Waals surface area contributed by atoms with Crippen LogP contribution in [0.25, 0.3) is 0 Å². The highest BCUT2D eigenvalue weighted by atomic mass is 32.2. The molecule has 2 rings (SSSR count). The van der Waals surface area contributed by atoms with Gasteiger partial charge in [0.05, 0.1) is 6.61 Å². The third-order valence-corrected chi connectivity index (χ3v) is 3.41. The number of aromatic nitrogens is 5. The quantitative estimate of drug-likeness (QED) is 0.858. The lowest BCUT2D eigenvalue weighted by Crippen LogP contribution is -2.05. The summed E-state index contributed by atoms with van der Waals surface area (Å²) >= 11 is 2.77. The van der Waals surface area contributed by atoms with Crippen LogP contribution in [0.4, 0.5) is 5.95 Å². The van der Waals surface area contributed by atoms with Gasteiger partial charge in [0.25, 0.3) is 0 Å². The zero-order valence-corrected chi connectivity index (χ0v) is 11.6. The number of hydrogen-bond donors (Lipinski definition) is 1. The summed E-state index contributed by atoms with van der Waals surface area (Å²) in [4.78, 5) is 12.6. The van der Waals surface area contributed by atoms with E-state index in [0.717, 1.165) is 10.8 Å². The maximum absolute atomic E-state index is 5.41. The van der Waals surface area contributed by atoms with Crippen LogP contribution in [0.3, 0.4) is 0 Å². The van der Waals surface area contributed by atoms with Gasteiger partial charge in [-0.2, -0.15) is 15.0 Å². The van der Waals surface area contributed by atoms with Crippen LogP contribution < -0.4 is 10.1 Å². The normalized spacial score (nSPS) is 10.3. The second kappa shape index (κ2) is 6.45. The minimum atomic E-state index is 0.322. The van der Waals surface area contributed by atoms with Crippen molar-refractivity contribution in [3.63, 3.8) is 0 Å². The van der Waals surface area contributed by atoms with Gasteiger partial charge in [0, 0.05) is 7.05 Å². The van der Waals surface area contributed by atoms with Crippen LogP contribution in [0.2, 0.25) is 0 Å². The minimum absolute atomic E-state index is 0.322. The highest BCUT2D eigenvalue weighted by Crippen LogP contribution is 2.26. The van der Waals surface area contributed by atoms with E-state index in [9.17, 15) is 0 Å². The van der Waals surface area contributed by atoms with Crippen molar-refractivity contribution in [1.82, 2.24) is 25.1 Å². The fourth-order valence-corrected chi connectivity index (χ4v) is 2.36. The summed E-state index contributed by atoms with van der Waals surface area (Å²) in [5.74, 6) is 0.475. The molecule has 7 nitrogen and oxygen atoms in total. The molecule has 1 N–H and O–H groups in total. The van der Waals surface area contributed by atoms with Crippen LogP contribution >= 0.6 is 23.1 Å². The molecule has 0 bridgehead atoms. The topological polar surface area (TPSA) is 85.7 Å². The first kappa shape index (κ1) is 13.0. The van der Waals surface area contributed by atoms with Gasteiger partial charge in [0.15, 0.2) is 4.34 Å². The van der Waals surface area contributed by atoms with Crippen molar-refractivity contribution < 1.29 is 4.74 Å². The van der Waals surface area contributed by atoms with Gasteiger partial charge in [0.2, 0.25) is 11.1 Å². The monoisotopic (exact) mass is 284 g/mol. The molecular weight excluding hydrogens is 272 g/mol. The molecule has 0 unspecified atom stereocenters. The highest BCUT2D eigenvalue weighted by Gasteiger charge is 2.09. The molecule has 0 spiro atoms. The molecular formula is C9H12N6OS2. The van der Waals surface area contributed by atoms with E-state index in [-0.39, 0.29) is 0 Å². The Kier molecular flexibility index (Phi) is 4.65. The molecule has 0 fully saturated rings. The molecule has 0 saturated heterocycles. The lowest BCUT2D eigenvalue weighted by molar-refractivity contribution is 0.288. The average Bonchev–Trinajstić information content (AvgIpc) is 2.89. The molecule has 2 aromatic heterocycles. The third kappa shape index (κ3) is 3.50. The summed E-state index contributed by atoms with van der Waals surface area (Å²) in [5, 5.41) is 11.1. The Morgan fingerprint density at radius 1 is 1.39 bits per heavy atom. The van der Waals surface area contributed by atoms with E-state index in [0.29, 0.717) is 23.7 Å². The first-order chi connectivity index (χ1) is 8.81. The predicted octanol–water partition coefficient (Wildman–Crippen LogP) is 1.70. The molecule has 96 valence electrons. The number of nitrogens with one attached hydrogen (secondary N) is 1. The van der Waals surface area contributed by atoms with Gasteiger partial charge < -0.3 is 10.1 Å². The first-order valence-corrected chi connectivity index (χ1v) is 7.02. The fraction of sp³-hybridized carbons (Fsp3) is 0.444. The van der Waals surface area contributed by atoms with E-state index >= 15 is 0 Å². The third-order valence-electron chi connectivity index (χ3n) is 1.77. The Bertz CT molecular complexity index is 492. The number of hydrogen-bond acceptors (Lipinski definition) is 9. The summed E-state index contributed by atoms with van der Waals surface area (Å²) in [6.45, 7) is 2.60. The van der Waals surface area contributed by atoms with Gasteiger partial charge in [-0.15, -0.1) is 10.2 Å². The Labute approximate surface area is 112 Å². The average molecular weight is 284 g/mol. The molecule has 0 aliphatic carbocycles. The molecule has 18 heavy (non-hydrogen) atoms. The van der Waals surface area contributed by atoms with Crippen molar-refractivity contribution in [2.24, 2.45) is 0 Å². The summed E-state index contributed by atoms with van der Waals surface area (Å²) < 4.78 is 6.19. The van der Waals surface area contributed by atoms with Gasteiger partial charge in [0.1, 0.15) is 5.51 Å². The van der Waals surface area contributed by atoms with Crippen LogP contribution in [0.15, 0.2) is 15.0 Å². The van der Waals surface area contributed by atoms with E-state index < -0.39 is 0 Å². The number of rotatable bonds is 6. The van der Waals surface area contributed by atoms with E-state index in [2.05, 4.69) is 30.5 Å². The van der Waals surface area contributed by atoms with E-state index in [1.165, 1.54) is 23.1 Å². The molecule has 0 aromatic carbocycles. The molecule has 0 aliphatic heterocycles. The Hall–Kier alpha value is -1.48. The zero-order chi connectivity index (χ0) is 12.8. The maximum Gasteiger partial charge on any atom is 0.322 e. The lowest BCUT2D eigenvalue weighted by atomic mass is 10.5. The van der Waals surface area contributed by atoms with Gasteiger partial charge >= 0.3 is 6.01 Å². The molecule has 0 amide bonds. The van der Waals surface area contributed by atoms with Crippen molar-refractivity contribution in [1.29, 1.82) is 0 Å². The van der Waals surface area contributed by atoms with Crippen LogP contribution in [-0.2, 0) is 0 Å². The van der Waals surface area contributed by atoms with E-state index in [1.807, 2.05) is 6.92 Å². The standard InChI is InChI=1S/C9H12N6OS2/c1-3-4-16-7-12-6(10-2)13-8(14-7)18-9-15-11-5-17-9/h5H,3-4H2,1-2H3,(H,10,12,13,14). The predicted molar refractivity (Wildman–Crippen MR) is 69.2 cm³/mol. The second-order valence-corrected chi connectivity index (χ2v) is 5.18. The molecule has 2 heterocycles. The number of anilines is 1. The molecule has 0 atom stereocenters. The number of nitrogens with zero attached hydrogens (tertiary/aromatic N) is 5. The highest BCUT2D eigenvalue weighted by molar-refractivity contribution is 8.00. The maximum atomic E-state index is 5.41. The molecule has 2 aromatic rings. The molecule has 0 radical (unpaired) electrons. The van der Waals surface area contributed by atoms with Crippen molar-refractivity contribution in [3.05, 3.63) is 5.51 Å². The zero-order valence-electron chi connectivity index (χ0n) is 9.95. The van der Waals surface area contributed by atoms with E-state index in [4.69, 9.17) is 4.74 Å². The SMILES string of the molecule is CCCOc1nc(NC)nc(Sc2nncs2)n1. The van der Waals surface area contributed by atoms with Crippen LogP contribution in [0.1, 0.15) is 13.3 Å². The summed E-state index contributed by atoms with van der Waals surface area (Å²) in [6, 6.07) is 0.322. The lowest BCUT2D eigenvalue weighted by Gasteiger charge is -2.05. The summed E-state index contributed by atoms with van der Waals surface area (Å²) in [6.07, 6.45) is 0.902. The Morgan fingerprint density at radius 3 is 2.94 bits per heavy atom. The van der Waals surface area contributed by atoms with Crippen molar-refractivity contribution in [2.75, 3.05) is 19.0 Å². The summed E-state index contributed by atoms with van der Waals surface area (Å²) in [7, 11) is 1.75. The number of ether oxygens (including phenoxy) is 1. The van der Waals surface area contributed by atoms with Crippen LogP contribution in [0, 0.1) is 0 Å². The first-order valence-electron chi connectivity index (χ1n) is 5.32. The van der Waals surface area contributed by atoms with Crippen LogP contribution in [0.5, 0.6) is 6.01 Å². The fourth-order valence-electron chi connectivity index (χ4n) is 1.04. The van der Waals surface area contributed by atoms with E-state index in [1.54, 1.807) is 12.6 Å². The van der Waals surface area contributed by atoms with Gasteiger partial charge in [-0.1, -0.05) is 18.3 Å². The largest absolute Gasteiger partial charge is 0.463 e. The molecule has 9 heteroatoms. The second-order valence-electron chi connectivity index (χ2n) is 3.13. The Balaban J connectivity index is 2.17. The van der Waals surface area contributed by atoms with Gasteiger partial charge in [-0.05, 0) is 18.2 Å². The van der Waals surface area contributed by atoms with Crippen molar-refractivity contribution in [2.45, 2.75) is 22.8 Å². The van der Waals surface area contributed by atoms with Crippen molar-refractivity contribution >= 4 is 29.0 Å². The molecule has 0 saturated carbocycles.